The Balaban J connectivity index is 2.70. The summed E-state index contributed by atoms with van der Waals surface area (Å²) in [5.41, 5.74) is 7.34. The number of carboxylic acid groups (broad SMARTS) is 1. The third-order valence-corrected chi connectivity index (χ3v) is 1.93. The number of nitrogens with zero attached hydrogens (tertiary/aromatic N) is 1. The van der Waals surface area contributed by atoms with Crippen LogP contribution in [0.3, 0.4) is 0 Å². The van der Waals surface area contributed by atoms with E-state index in [1.807, 2.05) is 6.92 Å². The van der Waals surface area contributed by atoms with E-state index in [1.54, 1.807) is 0 Å². The van der Waals surface area contributed by atoms with Crippen LogP contribution in [0.2, 0.25) is 0 Å². The van der Waals surface area contributed by atoms with Gasteiger partial charge in [0.25, 0.3) is 0 Å². The number of rotatable bonds is 4. The van der Waals surface area contributed by atoms with Crippen molar-refractivity contribution in [1.82, 2.24) is 10.2 Å². The standard InChI is InChI=1S/C8H13N3O2/c1-2-5-6(3-4-7(12)13)10-11-8(5)9/h2-4H2,1H3,(H,12,13)(H3,9,10,11). The van der Waals surface area contributed by atoms with E-state index < -0.39 is 5.97 Å². The molecule has 0 bridgehead atoms. The molecule has 13 heavy (non-hydrogen) atoms. The lowest BCUT2D eigenvalue weighted by Crippen LogP contribution is -2.00. The molecule has 0 atom stereocenters. The third-order valence-electron chi connectivity index (χ3n) is 1.93. The monoisotopic (exact) mass is 183 g/mol. The van der Waals surface area contributed by atoms with Crippen molar-refractivity contribution in [2.45, 2.75) is 26.2 Å². The molecule has 72 valence electrons. The van der Waals surface area contributed by atoms with Crippen molar-refractivity contribution in [3.63, 3.8) is 0 Å². The average molecular weight is 183 g/mol. The van der Waals surface area contributed by atoms with Gasteiger partial charge in [-0.2, -0.15) is 5.10 Å². The van der Waals surface area contributed by atoms with E-state index >= 15 is 0 Å². The van der Waals surface area contributed by atoms with Crippen LogP contribution in [0.25, 0.3) is 0 Å². The lowest BCUT2D eigenvalue weighted by Gasteiger charge is -1.98. The molecular weight excluding hydrogens is 170 g/mol. The molecule has 4 N–H and O–H groups in total. The molecule has 0 aromatic carbocycles. The lowest BCUT2D eigenvalue weighted by molar-refractivity contribution is -0.136. The Hall–Kier alpha value is -1.52. The zero-order valence-corrected chi connectivity index (χ0v) is 7.50. The van der Waals surface area contributed by atoms with Crippen LogP contribution in [-0.4, -0.2) is 21.3 Å². The predicted molar refractivity (Wildman–Crippen MR) is 48.3 cm³/mol. The van der Waals surface area contributed by atoms with Crippen LogP contribution in [0.1, 0.15) is 24.6 Å². The van der Waals surface area contributed by atoms with E-state index in [-0.39, 0.29) is 6.42 Å². The maximum Gasteiger partial charge on any atom is 0.303 e. The first-order valence-electron chi connectivity index (χ1n) is 4.18. The van der Waals surface area contributed by atoms with Crippen molar-refractivity contribution in [2.75, 3.05) is 5.73 Å². The number of hydrogen-bond donors (Lipinski definition) is 3. The van der Waals surface area contributed by atoms with Crippen LogP contribution in [0.4, 0.5) is 5.82 Å². The minimum atomic E-state index is -0.810. The zero-order chi connectivity index (χ0) is 9.84. The van der Waals surface area contributed by atoms with Gasteiger partial charge in [0, 0.05) is 11.3 Å². The Bertz CT molecular complexity index is 306. The minimum absolute atomic E-state index is 0.106. The second-order valence-corrected chi connectivity index (χ2v) is 2.81. The van der Waals surface area contributed by atoms with Crippen molar-refractivity contribution in [2.24, 2.45) is 0 Å². The number of carboxylic acids is 1. The van der Waals surface area contributed by atoms with Gasteiger partial charge in [-0.25, -0.2) is 0 Å². The summed E-state index contributed by atoms with van der Waals surface area (Å²) in [7, 11) is 0. The number of aromatic nitrogens is 2. The molecule has 1 heterocycles. The molecule has 0 spiro atoms. The smallest absolute Gasteiger partial charge is 0.303 e. The van der Waals surface area contributed by atoms with E-state index in [9.17, 15) is 4.79 Å². The van der Waals surface area contributed by atoms with E-state index in [1.165, 1.54) is 0 Å². The number of hydrogen-bond acceptors (Lipinski definition) is 3. The summed E-state index contributed by atoms with van der Waals surface area (Å²) in [5.74, 6) is -0.335. The molecule has 0 saturated carbocycles. The van der Waals surface area contributed by atoms with Crippen LogP contribution >= 0.6 is 0 Å². The molecule has 1 aromatic heterocycles. The van der Waals surface area contributed by atoms with Gasteiger partial charge in [0.2, 0.25) is 0 Å². The number of aromatic amines is 1. The second-order valence-electron chi connectivity index (χ2n) is 2.81. The van der Waals surface area contributed by atoms with Crippen molar-refractivity contribution < 1.29 is 9.90 Å². The summed E-state index contributed by atoms with van der Waals surface area (Å²) >= 11 is 0. The Kier molecular flexibility index (Phi) is 2.89. The van der Waals surface area contributed by atoms with Gasteiger partial charge in [0.05, 0.1) is 6.42 Å². The highest BCUT2D eigenvalue weighted by molar-refractivity contribution is 5.67. The van der Waals surface area contributed by atoms with Gasteiger partial charge in [-0.05, 0) is 12.8 Å². The van der Waals surface area contributed by atoms with E-state index in [0.717, 1.165) is 17.7 Å². The predicted octanol–water partition coefficient (Wildman–Crippen LogP) is 0.572. The van der Waals surface area contributed by atoms with Gasteiger partial charge in [-0.1, -0.05) is 6.92 Å². The highest BCUT2D eigenvalue weighted by Gasteiger charge is 2.09. The number of anilines is 1. The highest BCUT2D eigenvalue weighted by Crippen LogP contribution is 2.15. The number of aliphatic carboxylic acids is 1. The summed E-state index contributed by atoms with van der Waals surface area (Å²) < 4.78 is 0. The number of nitrogens with one attached hydrogen (secondary N) is 1. The molecule has 0 aliphatic carbocycles. The van der Waals surface area contributed by atoms with Gasteiger partial charge in [-0.15, -0.1) is 0 Å². The number of H-pyrrole nitrogens is 1. The largest absolute Gasteiger partial charge is 0.481 e. The van der Waals surface area contributed by atoms with Crippen LogP contribution < -0.4 is 5.73 Å². The van der Waals surface area contributed by atoms with Crippen LogP contribution in [-0.2, 0) is 17.6 Å². The van der Waals surface area contributed by atoms with Crippen molar-refractivity contribution in [3.05, 3.63) is 11.3 Å². The van der Waals surface area contributed by atoms with E-state index in [2.05, 4.69) is 10.2 Å². The molecule has 5 nitrogen and oxygen atoms in total. The number of nitrogens with two attached hydrogens (primary N) is 1. The first kappa shape index (κ1) is 9.57. The Morgan fingerprint density at radius 2 is 2.38 bits per heavy atom. The number of nitrogen functional groups attached to an aromatic ring is 1. The molecule has 1 aromatic rings. The number of carbonyl (C=O) groups is 1. The summed E-state index contributed by atoms with van der Waals surface area (Å²) in [5, 5.41) is 15.0. The van der Waals surface area contributed by atoms with Gasteiger partial charge in [0.15, 0.2) is 0 Å². The molecule has 0 fully saturated rings. The molecule has 5 heteroatoms. The topological polar surface area (TPSA) is 92.0 Å². The molecule has 0 aliphatic rings. The third kappa shape index (κ3) is 2.21. The van der Waals surface area contributed by atoms with Crippen LogP contribution in [0.5, 0.6) is 0 Å². The molecule has 0 radical (unpaired) electrons. The normalized spacial score (nSPS) is 10.2. The zero-order valence-electron chi connectivity index (χ0n) is 7.50. The van der Waals surface area contributed by atoms with Gasteiger partial charge in [-0.3, -0.25) is 9.89 Å². The first-order chi connectivity index (χ1) is 6.15. The Morgan fingerprint density at radius 3 is 2.92 bits per heavy atom. The molecule has 0 aliphatic heterocycles. The molecule has 0 saturated heterocycles. The van der Waals surface area contributed by atoms with Gasteiger partial charge >= 0.3 is 5.97 Å². The summed E-state index contributed by atoms with van der Waals surface area (Å²) in [6.07, 6.45) is 1.34. The summed E-state index contributed by atoms with van der Waals surface area (Å²) in [6.45, 7) is 1.96. The van der Waals surface area contributed by atoms with E-state index in [0.29, 0.717) is 12.2 Å². The number of aryl methyl sites for hydroxylation is 1. The summed E-state index contributed by atoms with van der Waals surface area (Å²) in [6, 6.07) is 0. The first-order valence-corrected chi connectivity index (χ1v) is 4.18. The maximum atomic E-state index is 10.3. The fourth-order valence-corrected chi connectivity index (χ4v) is 1.25. The maximum absolute atomic E-state index is 10.3. The Labute approximate surface area is 75.9 Å². The lowest BCUT2D eigenvalue weighted by atomic mass is 10.1. The van der Waals surface area contributed by atoms with E-state index in [4.69, 9.17) is 10.8 Å². The Morgan fingerprint density at radius 1 is 1.69 bits per heavy atom. The quantitative estimate of drug-likeness (QED) is 0.636. The molecular formula is C8H13N3O2. The summed E-state index contributed by atoms with van der Waals surface area (Å²) in [4.78, 5) is 10.3. The van der Waals surface area contributed by atoms with Gasteiger partial charge < -0.3 is 10.8 Å². The SMILES string of the molecule is CCc1c(N)n[nH]c1CCC(=O)O. The fourth-order valence-electron chi connectivity index (χ4n) is 1.25. The average Bonchev–Trinajstić information content (AvgIpc) is 2.42. The second kappa shape index (κ2) is 3.93. The molecule has 0 unspecified atom stereocenters. The fraction of sp³-hybridized carbons (Fsp3) is 0.500. The highest BCUT2D eigenvalue weighted by atomic mass is 16.4. The van der Waals surface area contributed by atoms with Crippen molar-refractivity contribution in [3.8, 4) is 0 Å². The van der Waals surface area contributed by atoms with Crippen molar-refractivity contribution >= 4 is 11.8 Å². The molecule has 0 amide bonds. The van der Waals surface area contributed by atoms with Crippen LogP contribution in [0.15, 0.2) is 0 Å². The molecule has 1 rings (SSSR count). The minimum Gasteiger partial charge on any atom is -0.481 e. The van der Waals surface area contributed by atoms with Gasteiger partial charge in [0.1, 0.15) is 5.82 Å². The van der Waals surface area contributed by atoms with Crippen LogP contribution in [0, 0.1) is 0 Å². The van der Waals surface area contributed by atoms with Crippen molar-refractivity contribution in [1.29, 1.82) is 0 Å².